The third-order valence-corrected chi connectivity index (χ3v) is 4.94. The van der Waals surface area contributed by atoms with Crippen molar-refractivity contribution in [3.63, 3.8) is 0 Å². The van der Waals surface area contributed by atoms with Gasteiger partial charge < -0.3 is 14.5 Å². The molecule has 4 rings (SSSR count). The molecule has 1 amide bonds. The van der Waals surface area contributed by atoms with E-state index in [1.807, 2.05) is 24.3 Å². The van der Waals surface area contributed by atoms with Gasteiger partial charge in [0.25, 0.3) is 5.91 Å². The number of carbonyl (C=O) groups excluding carboxylic acids is 1. The second-order valence-corrected chi connectivity index (χ2v) is 6.84. The summed E-state index contributed by atoms with van der Waals surface area (Å²) in [6, 6.07) is 16.3. The maximum absolute atomic E-state index is 12.5. The highest BCUT2D eigenvalue weighted by atomic mass is 16.5. The molecule has 1 fully saturated rings. The minimum Gasteiger partial charge on any atom is -0.422 e. The van der Waals surface area contributed by atoms with Crippen molar-refractivity contribution in [3.05, 3.63) is 70.6 Å². The highest BCUT2D eigenvalue weighted by molar-refractivity contribution is 5.95. The van der Waals surface area contributed by atoms with Gasteiger partial charge in [0.1, 0.15) is 5.58 Å². The second kappa shape index (κ2) is 7.76. The van der Waals surface area contributed by atoms with E-state index in [-0.39, 0.29) is 5.91 Å². The topological polar surface area (TPSA) is 68.5 Å². The molecule has 1 aliphatic heterocycles. The van der Waals surface area contributed by atoms with Gasteiger partial charge in [-0.15, -0.1) is 0 Å². The summed E-state index contributed by atoms with van der Waals surface area (Å²) in [7, 11) is 0. The lowest BCUT2D eigenvalue weighted by atomic mass is 10.0. The van der Waals surface area contributed by atoms with Gasteiger partial charge in [-0.3, -0.25) is 4.79 Å². The lowest BCUT2D eigenvalue weighted by Crippen LogP contribution is -2.26. The molecular formula is C22H21NO4. The van der Waals surface area contributed by atoms with Crippen molar-refractivity contribution in [1.29, 1.82) is 0 Å². The fraction of sp³-hybridized carbons (Fsp3) is 0.273. The smallest absolute Gasteiger partial charge is 0.344 e. The number of benzene rings is 2. The zero-order valence-corrected chi connectivity index (χ0v) is 14.9. The second-order valence-electron chi connectivity index (χ2n) is 6.84. The quantitative estimate of drug-likeness (QED) is 0.703. The average Bonchev–Trinajstić information content (AvgIpc) is 3.21. The molecule has 1 saturated heterocycles. The summed E-state index contributed by atoms with van der Waals surface area (Å²) in [5.41, 5.74) is 1.80. The van der Waals surface area contributed by atoms with Crippen molar-refractivity contribution < 1.29 is 13.9 Å². The summed E-state index contributed by atoms with van der Waals surface area (Å²) in [4.78, 5) is 24.8. The van der Waals surface area contributed by atoms with Crippen LogP contribution in [-0.4, -0.2) is 25.7 Å². The van der Waals surface area contributed by atoms with Gasteiger partial charge in [-0.05, 0) is 48.6 Å². The van der Waals surface area contributed by atoms with Crippen molar-refractivity contribution >= 4 is 16.9 Å². The number of ether oxygens (including phenoxy) is 1. The van der Waals surface area contributed by atoms with Crippen LogP contribution >= 0.6 is 0 Å². The molecule has 3 aromatic rings. The first-order valence-corrected chi connectivity index (χ1v) is 9.20. The number of nitrogens with one attached hydrogen (secondary N) is 1. The van der Waals surface area contributed by atoms with Gasteiger partial charge in [0.2, 0.25) is 0 Å². The monoisotopic (exact) mass is 363 g/mol. The van der Waals surface area contributed by atoms with Crippen LogP contribution in [0.5, 0.6) is 0 Å². The SMILES string of the molecule is O=C(NCCC1CCOC1)c1cccc(-c2cc3ccccc3oc2=O)c1. The normalized spacial score (nSPS) is 16.5. The standard InChI is InChI=1S/C22H21NO4/c24-21(23-10-8-15-9-11-26-14-15)18-6-3-5-16(12-18)19-13-17-4-1-2-7-20(17)27-22(19)25/h1-7,12-13,15H,8-11,14H2,(H,23,24). The van der Waals surface area contributed by atoms with Gasteiger partial charge in [0.05, 0.1) is 5.56 Å². The Bertz CT molecular complexity index is 1020. The van der Waals surface area contributed by atoms with Crippen molar-refractivity contribution in [2.24, 2.45) is 5.92 Å². The molecule has 0 spiro atoms. The zero-order valence-electron chi connectivity index (χ0n) is 14.9. The predicted octanol–water partition coefficient (Wildman–Crippen LogP) is 3.62. The van der Waals surface area contributed by atoms with Crippen molar-refractivity contribution in [1.82, 2.24) is 5.32 Å². The fourth-order valence-corrected chi connectivity index (χ4v) is 3.39. The molecule has 2 heterocycles. The molecule has 1 unspecified atom stereocenters. The number of hydrogen-bond donors (Lipinski definition) is 1. The largest absolute Gasteiger partial charge is 0.422 e. The van der Waals surface area contributed by atoms with Crippen LogP contribution in [0.25, 0.3) is 22.1 Å². The summed E-state index contributed by atoms with van der Waals surface area (Å²) in [6.45, 7) is 2.22. The van der Waals surface area contributed by atoms with E-state index in [1.54, 1.807) is 30.3 Å². The van der Waals surface area contributed by atoms with Crippen LogP contribution in [0.4, 0.5) is 0 Å². The number of amides is 1. The summed E-state index contributed by atoms with van der Waals surface area (Å²) >= 11 is 0. The Labute approximate surface area is 157 Å². The lowest BCUT2D eigenvalue weighted by molar-refractivity contribution is 0.0950. The van der Waals surface area contributed by atoms with E-state index in [0.717, 1.165) is 31.4 Å². The molecule has 0 aliphatic carbocycles. The summed E-state index contributed by atoms with van der Waals surface area (Å²) in [6.07, 6.45) is 1.97. The Hall–Kier alpha value is -2.92. The van der Waals surface area contributed by atoms with Crippen molar-refractivity contribution in [3.8, 4) is 11.1 Å². The maximum Gasteiger partial charge on any atom is 0.344 e. The van der Waals surface area contributed by atoms with E-state index in [9.17, 15) is 9.59 Å². The van der Waals surface area contributed by atoms with E-state index in [4.69, 9.17) is 9.15 Å². The van der Waals surface area contributed by atoms with Crippen LogP contribution in [0.2, 0.25) is 0 Å². The minimum atomic E-state index is -0.410. The van der Waals surface area contributed by atoms with Crippen LogP contribution in [0.1, 0.15) is 23.2 Å². The predicted molar refractivity (Wildman–Crippen MR) is 104 cm³/mol. The molecule has 27 heavy (non-hydrogen) atoms. The van der Waals surface area contributed by atoms with Gasteiger partial charge in [0.15, 0.2) is 0 Å². The first-order valence-electron chi connectivity index (χ1n) is 9.20. The molecule has 138 valence electrons. The minimum absolute atomic E-state index is 0.138. The molecule has 0 bridgehead atoms. The Morgan fingerprint density at radius 2 is 2.00 bits per heavy atom. The molecule has 2 aromatic carbocycles. The van der Waals surface area contributed by atoms with Crippen molar-refractivity contribution in [2.45, 2.75) is 12.8 Å². The highest BCUT2D eigenvalue weighted by Crippen LogP contribution is 2.22. The molecule has 5 heteroatoms. The number of carbonyl (C=O) groups is 1. The Morgan fingerprint density at radius 1 is 1.11 bits per heavy atom. The van der Waals surface area contributed by atoms with Gasteiger partial charge in [-0.2, -0.15) is 0 Å². The van der Waals surface area contributed by atoms with Gasteiger partial charge >= 0.3 is 5.63 Å². The van der Waals surface area contributed by atoms with Crippen LogP contribution in [-0.2, 0) is 4.74 Å². The first kappa shape index (κ1) is 17.5. The van der Waals surface area contributed by atoms with E-state index in [0.29, 0.717) is 34.7 Å². The van der Waals surface area contributed by atoms with Crippen LogP contribution in [0.15, 0.2) is 63.8 Å². The van der Waals surface area contributed by atoms with Crippen LogP contribution < -0.4 is 10.9 Å². The number of fused-ring (bicyclic) bond motifs is 1. The zero-order chi connectivity index (χ0) is 18.6. The third-order valence-electron chi connectivity index (χ3n) is 4.94. The van der Waals surface area contributed by atoms with E-state index >= 15 is 0 Å². The van der Waals surface area contributed by atoms with E-state index in [2.05, 4.69) is 5.32 Å². The Morgan fingerprint density at radius 3 is 2.85 bits per heavy atom. The molecule has 1 atom stereocenters. The molecule has 1 aliphatic rings. The average molecular weight is 363 g/mol. The third kappa shape index (κ3) is 3.93. The van der Waals surface area contributed by atoms with Crippen molar-refractivity contribution in [2.75, 3.05) is 19.8 Å². The van der Waals surface area contributed by atoms with E-state index < -0.39 is 5.63 Å². The number of para-hydroxylation sites is 1. The molecule has 1 N–H and O–H groups in total. The summed E-state index contributed by atoms with van der Waals surface area (Å²) in [5, 5.41) is 3.80. The molecular weight excluding hydrogens is 342 g/mol. The lowest BCUT2D eigenvalue weighted by Gasteiger charge is -2.10. The Kier molecular flexibility index (Phi) is 5.03. The maximum atomic E-state index is 12.5. The van der Waals surface area contributed by atoms with Crippen LogP contribution in [0, 0.1) is 5.92 Å². The van der Waals surface area contributed by atoms with E-state index in [1.165, 1.54) is 0 Å². The number of hydrogen-bond acceptors (Lipinski definition) is 4. The van der Waals surface area contributed by atoms with Gasteiger partial charge in [-0.25, -0.2) is 4.79 Å². The number of rotatable bonds is 5. The molecule has 1 aromatic heterocycles. The highest BCUT2D eigenvalue weighted by Gasteiger charge is 2.16. The van der Waals surface area contributed by atoms with Gasteiger partial charge in [-0.1, -0.05) is 30.3 Å². The molecule has 0 saturated carbocycles. The molecule has 5 nitrogen and oxygen atoms in total. The van der Waals surface area contributed by atoms with Gasteiger partial charge in [0, 0.05) is 30.7 Å². The molecule has 0 radical (unpaired) electrons. The summed E-state index contributed by atoms with van der Waals surface area (Å²) < 4.78 is 10.8. The van der Waals surface area contributed by atoms with Crippen LogP contribution in [0.3, 0.4) is 0 Å². The fourth-order valence-electron chi connectivity index (χ4n) is 3.39. The Balaban J connectivity index is 1.52. The summed E-state index contributed by atoms with van der Waals surface area (Å²) in [5.74, 6) is 0.389. The first-order chi connectivity index (χ1) is 13.2.